The molecule has 0 radical (unpaired) electrons. The van der Waals surface area contributed by atoms with Crippen LogP contribution < -0.4 is 24.4 Å². The van der Waals surface area contributed by atoms with Crippen molar-refractivity contribution in [3.8, 4) is 28.6 Å². The van der Waals surface area contributed by atoms with Crippen molar-refractivity contribution in [1.29, 1.82) is 0 Å². The number of methoxy groups -OCH3 is 3. The van der Waals surface area contributed by atoms with Gasteiger partial charge in [0.15, 0.2) is 17.3 Å². The third-order valence-electron chi connectivity index (χ3n) is 5.25. The number of aromatic nitrogens is 2. The van der Waals surface area contributed by atoms with Crippen LogP contribution >= 0.6 is 0 Å². The lowest BCUT2D eigenvalue weighted by atomic mass is 10.1. The molecule has 1 fully saturated rings. The first-order valence-corrected chi connectivity index (χ1v) is 10.4. The summed E-state index contributed by atoms with van der Waals surface area (Å²) in [6.45, 7) is 2.60. The third kappa shape index (κ3) is 4.85. The maximum atomic E-state index is 13.0. The molecule has 0 bridgehead atoms. The lowest BCUT2D eigenvalue weighted by molar-refractivity contribution is 0.0945. The molecule has 1 N–H and O–H groups in total. The predicted molar refractivity (Wildman–Crippen MR) is 120 cm³/mol. The minimum atomic E-state index is -0.288. The Morgan fingerprint density at radius 2 is 1.85 bits per heavy atom. The van der Waals surface area contributed by atoms with Crippen molar-refractivity contribution in [3.05, 3.63) is 48.0 Å². The van der Waals surface area contributed by atoms with E-state index in [4.69, 9.17) is 28.3 Å². The molecule has 2 aromatic heterocycles. The van der Waals surface area contributed by atoms with Crippen LogP contribution in [0.2, 0.25) is 0 Å². The highest BCUT2D eigenvalue weighted by Gasteiger charge is 2.23. The topological polar surface area (TPSA) is 108 Å². The molecule has 0 unspecified atom stereocenters. The molecule has 1 aliphatic heterocycles. The van der Waals surface area contributed by atoms with Gasteiger partial charge in [-0.1, -0.05) is 0 Å². The molecule has 10 heteroatoms. The van der Waals surface area contributed by atoms with Gasteiger partial charge >= 0.3 is 0 Å². The summed E-state index contributed by atoms with van der Waals surface area (Å²) in [4.78, 5) is 24.2. The number of nitrogens with zero attached hydrogens (tertiary/aromatic N) is 3. The van der Waals surface area contributed by atoms with Gasteiger partial charge in [-0.05, 0) is 24.3 Å². The molecule has 1 aliphatic rings. The smallest absolute Gasteiger partial charge is 0.256 e. The molecule has 10 nitrogen and oxygen atoms in total. The molecule has 0 atom stereocenters. The zero-order chi connectivity index (χ0) is 23.2. The van der Waals surface area contributed by atoms with Crippen molar-refractivity contribution in [3.63, 3.8) is 0 Å². The number of carbonyl (C=O) groups is 1. The van der Waals surface area contributed by atoms with Gasteiger partial charge in [-0.2, -0.15) is 0 Å². The Morgan fingerprint density at radius 3 is 2.45 bits per heavy atom. The summed E-state index contributed by atoms with van der Waals surface area (Å²) in [5, 5.41) is 2.86. The Bertz CT molecular complexity index is 1070. The highest BCUT2D eigenvalue weighted by Crippen LogP contribution is 2.40. The number of hydrogen-bond donors (Lipinski definition) is 1. The van der Waals surface area contributed by atoms with Crippen LogP contribution in [0.25, 0.3) is 11.4 Å². The van der Waals surface area contributed by atoms with E-state index in [1.807, 2.05) is 4.90 Å². The number of nitrogens with one attached hydrogen (secondary N) is 1. The van der Waals surface area contributed by atoms with Crippen molar-refractivity contribution >= 4 is 11.7 Å². The molecule has 0 spiro atoms. The Balaban J connectivity index is 1.71. The normalized spacial score (nSPS) is 13.5. The molecule has 0 saturated carbocycles. The third-order valence-corrected chi connectivity index (χ3v) is 5.25. The Kier molecular flexibility index (Phi) is 6.94. The summed E-state index contributed by atoms with van der Waals surface area (Å²) in [6, 6.07) is 7.12. The van der Waals surface area contributed by atoms with Gasteiger partial charge in [0.05, 0.1) is 47.4 Å². The average molecular weight is 454 g/mol. The fraction of sp³-hybridized carbons (Fsp3) is 0.348. The van der Waals surface area contributed by atoms with E-state index >= 15 is 0 Å². The molecule has 0 aliphatic carbocycles. The van der Waals surface area contributed by atoms with Gasteiger partial charge in [0.2, 0.25) is 5.75 Å². The summed E-state index contributed by atoms with van der Waals surface area (Å²) in [5.41, 5.74) is 1.04. The maximum absolute atomic E-state index is 13.0. The molecule has 3 aromatic rings. The number of amides is 1. The van der Waals surface area contributed by atoms with Crippen LogP contribution in [0.15, 0.2) is 41.1 Å². The van der Waals surface area contributed by atoms with Crippen molar-refractivity contribution < 1.29 is 28.2 Å². The summed E-state index contributed by atoms with van der Waals surface area (Å²) in [5.74, 6) is 2.79. The zero-order valence-electron chi connectivity index (χ0n) is 18.8. The summed E-state index contributed by atoms with van der Waals surface area (Å²) in [6.07, 6.45) is 3.10. The Labute approximate surface area is 191 Å². The first-order valence-electron chi connectivity index (χ1n) is 10.4. The first kappa shape index (κ1) is 22.4. The van der Waals surface area contributed by atoms with Crippen LogP contribution in [-0.4, -0.2) is 63.5 Å². The fourth-order valence-electron chi connectivity index (χ4n) is 3.57. The maximum Gasteiger partial charge on any atom is 0.256 e. The molecule has 4 rings (SSSR count). The average Bonchev–Trinajstić information content (AvgIpc) is 3.40. The number of furan rings is 1. The van der Waals surface area contributed by atoms with Gasteiger partial charge in [0, 0.05) is 24.8 Å². The van der Waals surface area contributed by atoms with E-state index in [0.29, 0.717) is 72.1 Å². The second-order valence-electron chi connectivity index (χ2n) is 7.21. The lowest BCUT2D eigenvalue weighted by Gasteiger charge is -2.29. The van der Waals surface area contributed by atoms with Gasteiger partial charge in [-0.25, -0.2) is 9.97 Å². The zero-order valence-corrected chi connectivity index (χ0v) is 18.8. The SMILES string of the molecule is COc1cc(-c2ncc(C(=O)NCc3ccco3)c(N3CCOCC3)n2)cc(OC)c1OC. The summed E-state index contributed by atoms with van der Waals surface area (Å²) in [7, 11) is 4.64. The van der Waals surface area contributed by atoms with E-state index in [9.17, 15) is 4.79 Å². The van der Waals surface area contributed by atoms with Crippen LogP contribution in [-0.2, 0) is 11.3 Å². The molecule has 33 heavy (non-hydrogen) atoms. The number of rotatable bonds is 8. The Morgan fingerprint density at radius 1 is 1.12 bits per heavy atom. The van der Waals surface area contributed by atoms with E-state index in [1.165, 1.54) is 6.20 Å². The molecule has 174 valence electrons. The molecule has 1 aromatic carbocycles. The Hall–Kier alpha value is -3.79. The molecular formula is C23H26N4O6. The predicted octanol–water partition coefficient (Wildman–Crippen LogP) is 2.53. The highest BCUT2D eigenvalue weighted by atomic mass is 16.5. The number of ether oxygens (including phenoxy) is 4. The van der Waals surface area contributed by atoms with E-state index in [0.717, 1.165) is 0 Å². The monoisotopic (exact) mass is 454 g/mol. The quantitative estimate of drug-likeness (QED) is 0.549. The van der Waals surface area contributed by atoms with Crippen molar-refractivity contribution in [1.82, 2.24) is 15.3 Å². The number of benzene rings is 1. The van der Waals surface area contributed by atoms with Crippen molar-refractivity contribution in [2.45, 2.75) is 6.54 Å². The van der Waals surface area contributed by atoms with E-state index in [1.54, 1.807) is 51.9 Å². The highest BCUT2D eigenvalue weighted by molar-refractivity contribution is 5.99. The van der Waals surface area contributed by atoms with Gasteiger partial charge < -0.3 is 33.6 Å². The number of hydrogen-bond acceptors (Lipinski definition) is 9. The summed E-state index contributed by atoms with van der Waals surface area (Å²) >= 11 is 0. The number of carbonyl (C=O) groups excluding carboxylic acids is 1. The number of morpholine rings is 1. The van der Waals surface area contributed by atoms with Gasteiger partial charge in [-0.3, -0.25) is 4.79 Å². The van der Waals surface area contributed by atoms with E-state index in [2.05, 4.69) is 10.3 Å². The lowest BCUT2D eigenvalue weighted by Crippen LogP contribution is -2.38. The van der Waals surface area contributed by atoms with Gasteiger partial charge in [-0.15, -0.1) is 0 Å². The second kappa shape index (κ2) is 10.2. The minimum Gasteiger partial charge on any atom is -0.493 e. The van der Waals surface area contributed by atoms with Crippen LogP contribution in [0.4, 0.5) is 5.82 Å². The molecule has 1 saturated heterocycles. The molecular weight excluding hydrogens is 428 g/mol. The van der Waals surface area contributed by atoms with Gasteiger partial charge in [0.25, 0.3) is 5.91 Å². The van der Waals surface area contributed by atoms with Crippen LogP contribution in [0, 0.1) is 0 Å². The fourth-order valence-corrected chi connectivity index (χ4v) is 3.57. The number of anilines is 1. The minimum absolute atomic E-state index is 0.267. The second-order valence-corrected chi connectivity index (χ2v) is 7.21. The van der Waals surface area contributed by atoms with Crippen LogP contribution in [0.3, 0.4) is 0 Å². The van der Waals surface area contributed by atoms with Gasteiger partial charge in [0.1, 0.15) is 17.1 Å². The van der Waals surface area contributed by atoms with Crippen molar-refractivity contribution in [2.75, 3.05) is 52.5 Å². The van der Waals surface area contributed by atoms with Crippen LogP contribution in [0.5, 0.6) is 17.2 Å². The standard InChI is InChI=1S/C23H26N4O6/c1-29-18-11-15(12-19(30-2)20(18)31-3)21-24-14-17(22(26-21)27-6-9-32-10-7-27)23(28)25-13-16-5-4-8-33-16/h4-5,8,11-12,14H,6-7,9-10,13H2,1-3H3,(H,25,28). The van der Waals surface area contributed by atoms with E-state index < -0.39 is 0 Å². The molecule has 3 heterocycles. The first-order chi connectivity index (χ1) is 16.1. The van der Waals surface area contributed by atoms with Crippen LogP contribution in [0.1, 0.15) is 16.1 Å². The summed E-state index contributed by atoms with van der Waals surface area (Å²) < 4.78 is 27.1. The van der Waals surface area contributed by atoms with Crippen molar-refractivity contribution in [2.24, 2.45) is 0 Å². The largest absolute Gasteiger partial charge is 0.493 e. The molecule has 1 amide bonds. The van der Waals surface area contributed by atoms with E-state index in [-0.39, 0.29) is 12.5 Å².